The van der Waals surface area contributed by atoms with Crippen LogP contribution in [-0.2, 0) is 66.7 Å². The second-order valence-corrected chi connectivity index (χ2v) is 14.6. The molecule has 3 rings (SSSR count). The molecule has 2 bridgehead atoms. The Labute approximate surface area is 327 Å². The van der Waals surface area contributed by atoms with Gasteiger partial charge in [0.05, 0.1) is 0 Å². The standard InChI is InChI=1S/C42H52O14/c1-23-35(52-27(5)45)21-42(11)36(53-28(6)46)19-32(22-50-25(3)43)34(56-37(49)18-17-31-15-13-12-14-16-31)20-33(51-26(4)44)24(2)39(54-29(7)47)40(55-30(8)48)38(23)41(42,9)10/h12-19,33-36,40H,20-22H2,1-11H3/b18-17+,32-19+,39-24-/t33-,34-,35-,36-,40+,42-/m0/s1. The van der Waals surface area contributed by atoms with Gasteiger partial charge in [0.2, 0.25) is 0 Å². The predicted molar refractivity (Wildman–Crippen MR) is 201 cm³/mol. The van der Waals surface area contributed by atoms with Gasteiger partial charge in [0, 0.05) is 70.6 Å². The van der Waals surface area contributed by atoms with Crippen LogP contribution < -0.4 is 0 Å². The SMILES string of the molecule is CC(=O)OC/C1=C\[C@H](OC(C)=O)[C@]2(C)C[C@H](OC(C)=O)C(C)=C([C@@H](OC(C)=O)/C(OC(C)=O)=C(\C)[C@@H](OC(C)=O)C[C@@H]1OC(=O)/C=C/c1ccccc1)C2(C)C. The van der Waals surface area contributed by atoms with E-state index in [0.29, 0.717) is 16.7 Å². The minimum atomic E-state index is -1.47. The summed E-state index contributed by atoms with van der Waals surface area (Å²) in [5.41, 5.74) is -0.650. The van der Waals surface area contributed by atoms with Crippen LogP contribution in [0.2, 0.25) is 0 Å². The van der Waals surface area contributed by atoms with Gasteiger partial charge < -0.3 is 33.2 Å². The highest BCUT2D eigenvalue weighted by Crippen LogP contribution is 2.59. The number of hydrogen-bond donors (Lipinski definition) is 0. The fraction of sp³-hybridized carbons (Fsp3) is 0.500. The van der Waals surface area contributed by atoms with Crippen LogP contribution in [0.1, 0.15) is 94.6 Å². The molecule has 1 aromatic carbocycles. The zero-order valence-electron chi connectivity index (χ0n) is 33.8. The summed E-state index contributed by atoms with van der Waals surface area (Å²) < 4.78 is 41.1. The zero-order valence-corrected chi connectivity index (χ0v) is 33.8. The summed E-state index contributed by atoms with van der Waals surface area (Å²) in [6.45, 7) is 15.2. The lowest BCUT2D eigenvalue weighted by atomic mass is 9.52. The van der Waals surface area contributed by atoms with Crippen LogP contribution in [0.25, 0.3) is 6.08 Å². The molecule has 0 unspecified atom stereocenters. The topological polar surface area (TPSA) is 184 Å². The van der Waals surface area contributed by atoms with Crippen molar-refractivity contribution in [2.24, 2.45) is 10.8 Å². The lowest BCUT2D eigenvalue weighted by Crippen LogP contribution is -2.55. The Bertz CT molecular complexity index is 1830. The lowest BCUT2D eigenvalue weighted by molar-refractivity contribution is -0.164. The van der Waals surface area contributed by atoms with Crippen molar-refractivity contribution in [2.45, 2.75) is 120 Å². The molecule has 14 nitrogen and oxygen atoms in total. The van der Waals surface area contributed by atoms with Crippen LogP contribution in [0.4, 0.5) is 0 Å². The van der Waals surface area contributed by atoms with Gasteiger partial charge in [0.25, 0.3) is 0 Å². The highest BCUT2D eigenvalue weighted by Gasteiger charge is 2.58. The maximum absolute atomic E-state index is 13.6. The average molecular weight is 781 g/mol. The first-order chi connectivity index (χ1) is 26.1. The Morgan fingerprint density at radius 1 is 0.679 bits per heavy atom. The Morgan fingerprint density at radius 3 is 1.79 bits per heavy atom. The summed E-state index contributed by atoms with van der Waals surface area (Å²) >= 11 is 0. The molecular weight excluding hydrogens is 728 g/mol. The summed E-state index contributed by atoms with van der Waals surface area (Å²) in [5.74, 6) is -5.39. The number of ether oxygens (including phenoxy) is 7. The summed E-state index contributed by atoms with van der Waals surface area (Å²) in [7, 11) is 0. The third kappa shape index (κ3) is 11.3. The molecule has 0 heterocycles. The molecule has 0 spiro atoms. The number of hydrogen-bond acceptors (Lipinski definition) is 14. The van der Waals surface area contributed by atoms with E-state index in [4.69, 9.17) is 33.2 Å². The summed E-state index contributed by atoms with van der Waals surface area (Å²) in [6.07, 6.45) is -2.38. The molecule has 0 aromatic heterocycles. The van der Waals surface area contributed by atoms with Gasteiger partial charge in [-0.15, -0.1) is 0 Å². The van der Waals surface area contributed by atoms with Gasteiger partial charge in [-0.2, -0.15) is 0 Å². The second-order valence-electron chi connectivity index (χ2n) is 14.6. The zero-order chi connectivity index (χ0) is 42.1. The molecule has 6 atom stereocenters. The van der Waals surface area contributed by atoms with Crippen LogP contribution >= 0.6 is 0 Å². The number of rotatable bonds is 10. The van der Waals surface area contributed by atoms with Crippen molar-refractivity contribution in [3.05, 3.63) is 76.1 Å². The first kappa shape index (κ1) is 44.9. The lowest BCUT2D eigenvalue weighted by Gasteiger charge is -2.55. The van der Waals surface area contributed by atoms with E-state index < -0.39 is 89.7 Å². The van der Waals surface area contributed by atoms with Crippen molar-refractivity contribution in [1.82, 2.24) is 0 Å². The van der Waals surface area contributed by atoms with Crippen LogP contribution in [0.5, 0.6) is 0 Å². The van der Waals surface area contributed by atoms with E-state index in [-0.39, 0.29) is 29.7 Å². The third-order valence-electron chi connectivity index (χ3n) is 10.2. The number of benzene rings is 1. The van der Waals surface area contributed by atoms with Gasteiger partial charge in [0.15, 0.2) is 11.9 Å². The Kier molecular flexibility index (Phi) is 15.1. The maximum atomic E-state index is 13.6. The van der Waals surface area contributed by atoms with Crippen LogP contribution in [-0.4, -0.2) is 78.9 Å². The summed E-state index contributed by atoms with van der Waals surface area (Å²) in [5, 5.41) is 0. The first-order valence-electron chi connectivity index (χ1n) is 18.1. The van der Waals surface area contributed by atoms with Crippen molar-refractivity contribution in [3.8, 4) is 0 Å². The van der Waals surface area contributed by atoms with Crippen LogP contribution in [0.15, 0.2) is 70.5 Å². The van der Waals surface area contributed by atoms with E-state index in [1.807, 2.05) is 19.9 Å². The fourth-order valence-corrected chi connectivity index (χ4v) is 7.21. The Morgan fingerprint density at radius 2 is 1.25 bits per heavy atom. The van der Waals surface area contributed by atoms with E-state index in [0.717, 1.165) is 13.8 Å². The first-order valence-corrected chi connectivity index (χ1v) is 18.1. The van der Waals surface area contributed by atoms with E-state index in [1.54, 1.807) is 38.1 Å². The molecule has 0 saturated heterocycles. The monoisotopic (exact) mass is 780 g/mol. The molecule has 0 saturated carbocycles. The molecule has 0 N–H and O–H groups in total. The summed E-state index contributed by atoms with van der Waals surface area (Å²) in [4.78, 5) is 90.0. The molecule has 0 aliphatic heterocycles. The van der Waals surface area contributed by atoms with Gasteiger partial charge in [-0.3, -0.25) is 28.8 Å². The molecule has 2 aliphatic carbocycles. The minimum Gasteiger partial charge on any atom is -0.461 e. The van der Waals surface area contributed by atoms with Crippen LogP contribution in [0, 0.1) is 10.8 Å². The van der Waals surface area contributed by atoms with E-state index >= 15 is 0 Å². The van der Waals surface area contributed by atoms with Crippen molar-refractivity contribution in [1.29, 1.82) is 0 Å². The van der Waals surface area contributed by atoms with Crippen LogP contribution in [0.3, 0.4) is 0 Å². The maximum Gasteiger partial charge on any atom is 0.331 e. The Hall–Kier alpha value is -5.53. The van der Waals surface area contributed by atoms with Gasteiger partial charge in [-0.1, -0.05) is 51.1 Å². The van der Waals surface area contributed by atoms with Crippen molar-refractivity contribution < 1.29 is 66.7 Å². The van der Waals surface area contributed by atoms with Gasteiger partial charge >= 0.3 is 41.8 Å². The highest BCUT2D eigenvalue weighted by atomic mass is 16.6. The number of carbonyl (C=O) groups excluding carboxylic acids is 7. The molecule has 14 heteroatoms. The molecule has 0 radical (unpaired) electrons. The second kappa shape index (κ2) is 18.9. The van der Waals surface area contributed by atoms with Gasteiger partial charge in [0.1, 0.15) is 31.0 Å². The van der Waals surface area contributed by atoms with Crippen molar-refractivity contribution in [2.75, 3.05) is 6.61 Å². The van der Waals surface area contributed by atoms with Gasteiger partial charge in [-0.05, 0) is 54.5 Å². The van der Waals surface area contributed by atoms with Crippen molar-refractivity contribution in [3.63, 3.8) is 0 Å². The quantitative estimate of drug-likeness (QED) is 0.120. The normalized spacial score (nSPS) is 27.3. The number of carbonyl (C=O) groups is 7. The molecule has 2 aliphatic rings. The Balaban J connectivity index is 2.57. The smallest absolute Gasteiger partial charge is 0.331 e. The average Bonchev–Trinajstić information content (AvgIpc) is 3.07. The minimum absolute atomic E-state index is 0.0585. The van der Waals surface area contributed by atoms with Gasteiger partial charge in [-0.25, -0.2) is 4.79 Å². The largest absolute Gasteiger partial charge is 0.461 e. The van der Waals surface area contributed by atoms with E-state index in [9.17, 15) is 33.6 Å². The highest BCUT2D eigenvalue weighted by molar-refractivity contribution is 5.87. The molecule has 1 aromatic rings. The molecule has 304 valence electrons. The molecular formula is C42H52O14. The molecule has 0 fully saturated rings. The predicted octanol–water partition coefficient (Wildman–Crippen LogP) is 5.82. The molecule has 56 heavy (non-hydrogen) atoms. The van der Waals surface area contributed by atoms with Crippen molar-refractivity contribution >= 4 is 47.9 Å². The number of esters is 7. The van der Waals surface area contributed by atoms with E-state index in [2.05, 4.69) is 0 Å². The third-order valence-corrected chi connectivity index (χ3v) is 10.2. The fourth-order valence-electron chi connectivity index (χ4n) is 7.21. The van der Waals surface area contributed by atoms with E-state index in [1.165, 1.54) is 52.8 Å². The summed E-state index contributed by atoms with van der Waals surface area (Å²) in [6, 6.07) is 8.94. The number of fused-ring (bicyclic) bond motifs is 2. The molecule has 0 amide bonds.